The molecule has 0 aliphatic heterocycles. The molecule has 0 rings (SSSR count). The number of rotatable bonds is 34. The van der Waals surface area contributed by atoms with Crippen LogP contribution in [0.25, 0.3) is 0 Å². The fourth-order valence-electron chi connectivity index (χ4n) is 5.66. The second kappa shape index (κ2) is 33.5. The first-order valence-electron chi connectivity index (χ1n) is 19.2. The Labute approximate surface area is 285 Å². The van der Waals surface area contributed by atoms with E-state index in [1.165, 1.54) is 128 Å². The number of hydrogen-bond donors (Lipinski definition) is 3. The van der Waals surface area contributed by atoms with Crippen LogP contribution in [-0.4, -0.2) is 41.9 Å². The van der Waals surface area contributed by atoms with Crippen LogP contribution in [0.5, 0.6) is 0 Å². The number of nitrogens with one attached hydrogen (secondary N) is 1. The molecule has 0 saturated carbocycles. The molecule has 0 bridgehead atoms. The minimum Gasteiger partial charge on any atom is -0.387 e. The molecule has 0 aromatic carbocycles. The van der Waals surface area contributed by atoms with Crippen LogP contribution in [0.4, 0.5) is 0 Å². The molecule has 0 aliphatic carbocycles. The first-order valence-corrected chi connectivity index (χ1v) is 20.8. The summed E-state index contributed by atoms with van der Waals surface area (Å²) in [6.07, 6.45) is 42.8. The zero-order chi connectivity index (χ0) is 34.0. The van der Waals surface area contributed by atoms with Gasteiger partial charge in [0.1, 0.15) is 0 Å². The van der Waals surface area contributed by atoms with Gasteiger partial charge in [0, 0.05) is 6.42 Å². The van der Waals surface area contributed by atoms with Crippen LogP contribution in [0, 0.1) is 0 Å². The van der Waals surface area contributed by atoms with Crippen molar-refractivity contribution in [2.75, 3.05) is 5.75 Å². The SMILES string of the molecule is CCCCCCCCCCCCC/C=C/CC/C=C/CC/C=C/C(O)C(CS(=O)(=O)O)NC(=O)CCCCCCCCCCCC. The quantitative estimate of drug-likeness (QED) is 0.0360. The maximum absolute atomic E-state index is 12.4. The molecular formula is C39H73NO5S. The van der Waals surface area contributed by atoms with Gasteiger partial charge in [0.2, 0.25) is 5.91 Å². The summed E-state index contributed by atoms with van der Waals surface area (Å²) in [6.45, 7) is 4.49. The Hall–Kier alpha value is -1.44. The Morgan fingerprint density at radius 3 is 1.37 bits per heavy atom. The summed E-state index contributed by atoms with van der Waals surface area (Å²) < 4.78 is 32.3. The summed E-state index contributed by atoms with van der Waals surface area (Å²) in [6, 6.07) is -1.07. The van der Waals surface area contributed by atoms with Crippen molar-refractivity contribution in [2.45, 2.75) is 199 Å². The average molecular weight is 668 g/mol. The molecule has 0 radical (unpaired) electrons. The second-order valence-electron chi connectivity index (χ2n) is 13.2. The number of carbonyl (C=O) groups excluding carboxylic acids is 1. The third-order valence-corrected chi connectivity index (χ3v) is 9.33. The zero-order valence-electron chi connectivity index (χ0n) is 29.9. The zero-order valence-corrected chi connectivity index (χ0v) is 30.8. The summed E-state index contributed by atoms with van der Waals surface area (Å²) >= 11 is 0. The van der Waals surface area contributed by atoms with Gasteiger partial charge in [-0.2, -0.15) is 8.42 Å². The molecule has 46 heavy (non-hydrogen) atoms. The van der Waals surface area contributed by atoms with Gasteiger partial charge >= 0.3 is 0 Å². The molecule has 0 heterocycles. The van der Waals surface area contributed by atoms with E-state index in [1.54, 1.807) is 6.08 Å². The van der Waals surface area contributed by atoms with Crippen molar-refractivity contribution in [3.05, 3.63) is 36.5 Å². The molecule has 0 fully saturated rings. The topological polar surface area (TPSA) is 104 Å². The van der Waals surface area contributed by atoms with E-state index >= 15 is 0 Å². The minimum absolute atomic E-state index is 0.286. The first-order chi connectivity index (χ1) is 22.3. The lowest BCUT2D eigenvalue weighted by atomic mass is 10.1. The Bertz CT molecular complexity index is 868. The molecule has 0 spiro atoms. The number of aliphatic hydroxyl groups is 1. The third-order valence-electron chi connectivity index (χ3n) is 8.55. The standard InChI is InChI=1S/C39H73NO5S/c1-3-5-7-9-11-13-15-16-17-18-19-20-21-22-23-24-25-26-28-30-32-34-38(41)37(36-46(43,44)45)40-39(42)35-33-31-29-27-14-12-10-8-6-4-2/h21-22,25-26,32,34,37-38,41H,3-20,23-24,27-31,33,35-36H2,1-2H3,(H,40,42)(H,43,44,45)/b22-21+,26-25+,34-32+. The molecule has 2 atom stereocenters. The lowest BCUT2D eigenvalue weighted by Gasteiger charge is -2.21. The van der Waals surface area contributed by atoms with E-state index in [4.69, 9.17) is 0 Å². The Kier molecular flexibility index (Phi) is 32.4. The molecule has 3 N–H and O–H groups in total. The van der Waals surface area contributed by atoms with Crippen molar-refractivity contribution in [3.8, 4) is 0 Å². The highest BCUT2D eigenvalue weighted by molar-refractivity contribution is 7.85. The van der Waals surface area contributed by atoms with Gasteiger partial charge in [-0.25, -0.2) is 0 Å². The van der Waals surface area contributed by atoms with Gasteiger partial charge < -0.3 is 10.4 Å². The van der Waals surface area contributed by atoms with E-state index in [-0.39, 0.29) is 12.3 Å². The molecule has 0 aliphatic rings. The lowest BCUT2D eigenvalue weighted by Crippen LogP contribution is -2.46. The predicted molar refractivity (Wildman–Crippen MR) is 198 cm³/mol. The fraction of sp³-hybridized carbons (Fsp3) is 0.821. The minimum atomic E-state index is -4.35. The maximum Gasteiger partial charge on any atom is 0.267 e. The van der Waals surface area contributed by atoms with E-state index in [9.17, 15) is 22.9 Å². The van der Waals surface area contributed by atoms with E-state index in [1.807, 2.05) is 0 Å². The summed E-state index contributed by atoms with van der Waals surface area (Å²) in [4.78, 5) is 12.4. The van der Waals surface area contributed by atoms with Crippen molar-refractivity contribution >= 4 is 16.0 Å². The largest absolute Gasteiger partial charge is 0.387 e. The van der Waals surface area contributed by atoms with Crippen molar-refractivity contribution in [1.29, 1.82) is 0 Å². The second-order valence-corrected chi connectivity index (χ2v) is 14.7. The van der Waals surface area contributed by atoms with Gasteiger partial charge in [0.15, 0.2) is 0 Å². The Morgan fingerprint density at radius 1 is 0.565 bits per heavy atom. The molecule has 6 nitrogen and oxygen atoms in total. The highest BCUT2D eigenvalue weighted by Gasteiger charge is 2.24. The molecule has 0 aromatic rings. The monoisotopic (exact) mass is 668 g/mol. The number of amides is 1. The number of unbranched alkanes of at least 4 members (excludes halogenated alkanes) is 22. The van der Waals surface area contributed by atoms with E-state index in [0.29, 0.717) is 6.42 Å². The van der Waals surface area contributed by atoms with E-state index < -0.39 is 28.0 Å². The van der Waals surface area contributed by atoms with Crippen molar-refractivity contribution in [2.24, 2.45) is 0 Å². The summed E-state index contributed by atoms with van der Waals surface area (Å²) in [5.74, 6) is -1.01. The van der Waals surface area contributed by atoms with Crippen LogP contribution < -0.4 is 5.32 Å². The molecular weight excluding hydrogens is 594 g/mol. The average Bonchev–Trinajstić information content (AvgIpc) is 3.01. The van der Waals surface area contributed by atoms with E-state index in [2.05, 4.69) is 43.5 Å². The summed E-state index contributed by atoms with van der Waals surface area (Å²) in [7, 11) is -4.35. The van der Waals surface area contributed by atoms with Crippen molar-refractivity contribution < 1.29 is 22.9 Å². The van der Waals surface area contributed by atoms with E-state index in [0.717, 1.165) is 38.5 Å². The van der Waals surface area contributed by atoms with Crippen molar-refractivity contribution in [3.63, 3.8) is 0 Å². The van der Waals surface area contributed by atoms with Crippen molar-refractivity contribution in [1.82, 2.24) is 5.32 Å². The molecule has 270 valence electrons. The van der Waals surface area contributed by atoms with Crippen LogP contribution in [0.2, 0.25) is 0 Å². The highest BCUT2D eigenvalue weighted by atomic mass is 32.2. The van der Waals surface area contributed by atoms with Gasteiger partial charge in [0.05, 0.1) is 17.9 Å². The van der Waals surface area contributed by atoms with Crippen LogP contribution in [0.3, 0.4) is 0 Å². The van der Waals surface area contributed by atoms with Crippen LogP contribution in [-0.2, 0) is 14.9 Å². The summed E-state index contributed by atoms with van der Waals surface area (Å²) in [5.41, 5.74) is 0. The van der Waals surface area contributed by atoms with Crippen LogP contribution in [0.1, 0.15) is 187 Å². The number of allylic oxidation sites excluding steroid dienone is 5. The maximum atomic E-state index is 12.4. The van der Waals surface area contributed by atoms with Gasteiger partial charge in [-0.05, 0) is 44.9 Å². The van der Waals surface area contributed by atoms with Crippen LogP contribution >= 0.6 is 0 Å². The third kappa shape index (κ3) is 33.9. The number of hydrogen-bond acceptors (Lipinski definition) is 4. The van der Waals surface area contributed by atoms with Gasteiger partial charge in [-0.3, -0.25) is 9.35 Å². The van der Waals surface area contributed by atoms with Gasteiger partial charge in [0.25, 0.3) is 10.1 Å². The molecule has 2 unspecified atom stereocenters. The lowest BCUT2D eigenvalue weighted by molar-refractivity contribution is -0.122. The first kappa shape index (κ1) is 44.6. The smallest absolute Gasteiger partial charge is 0.267 e. The fourth-order valence-corrected chi connectivity index (χ4v) is 6.39. The van der Waals surface area contributed by atoms with Gasteiger partial charge in [-0.1, -0.05) is 172 Å². The van der Waals surface area contributed by atoms with Crippen LogP contribution in [0.15, 0.2) is 36.5 Å². The van der Waals surface area contributed by atoms with Gasteiger partial charge in [-0.15, -0.1) is 0 Å². The number of aliphatic hydroxyl groups excluding tert-OH is 1. The molecule has 1 amide bonds. The Balaban J connectivity index is 4.00. The molecule has 7 heteroatoms. The summed E-state index contributed by atoms with van der Waals surface area (Å²) in [5, 5.41) is 13.1. The predicted octanol–water partition coefficient (Wildman–Crippen LogP) is 11.0. The molecule has 0 aromatic heterocycles. The Morgan fingerprint density at radius 2 is 0.935 bits per heavy atom. The molecule has 0 saturated heterocycles. The highest BCUT2D eigenvalue weighted by Crippen LogP contribution is 2.13. The number of carbonyl (C=O) groups is 1. The normalized spacial score (nSPS) is 13.7.